The molecule has 6 heteroatoms. The lowest BCUT2D eigenvalue weighted by molar-refractivity contribution is 0.366. The molecule has 2 heterocycles. The Morgan fingerprint density at radius 2 is 2.00 bits per heavy atom. The summed E-state index contributed by atoms with van der Waals surface area (Å²) >= 11 is 0. The van der Waals surface area contributed by atoms with Crippen molar-refractivity contribution in [2.75, 3.05) is 11.9 Å². The molecule has 0 saturated heterocycles. The Morgan fingerprint density at radius 1 is 1.25 bits per heavy atom. The minimum Gasteiger partial charge on any atom is -0.355 e. The molecule has 2 N–H and O–H groups in total. The highest BCUT2D eigenvalue weighted by Crippen LogP contribution is 2.18. The molecule has 0 fully saturated rings. The average Bonchev–Trinajstić information content (AvgIpc) is 2.94. The zero-order valence-corrected chi connectivity index (χ0v) is 14.6. The largest absolute Gasteiger partial charge is 0.355 e. The molecule has 0 saturated carbocycles. The van der Waals surface area contributed by atoms with Gasteiger partial charge in [0.15, 0.2) is 5.65 Å². The van der Waals surface area contributed by atoms with E-state index in [2.05, 4.69) is 39.4 Å². The van der Waals surface area contributed by atoms with Crippen molar-refractivity contribution in [2.45, 2.75) is 39.7 Å². The van der Waals surface area contributed by atoms with Crippen LogP contribution in [0.2, 0.25) is 0 Å². The average molecular weight is 325 g/mol. The van der Waals surface area contributed by atoms with E-state index in [0.717, 1.165) is 6.42 Å². The quantitative estimate of drug-likeness (QED) is 0.773. The summed E-state index contributed by atoms with van der Waals surface area (Å²) in [6, 6.07) is 8.29. The molecule has 3 rings (SSSR count). The molecule has 3 aromatic rings. The van der Waals surface area contributed by atoms with E-state index >= 15 is 0 Å². The van der Waals surface area contributed by atoms with Crippen molar-refractivity contribution in [3.63, 3.8) is 0 Å². The Bertz CT molecular complexity index is 917. The normalized spacial score (nSPS) is 11.8. The van der Waals surface area contributed by atoms with Crippen LogP contribution in [0.5, 0.6) is 0 Å². The van der Waals surface area contributed by atoms with Crippen LogP contribution in [0.25, 0.3) is 11.0 Å². The molecule has 0 radical (unpaired) electrons. The Kier molecular flexibility index (Phi) is 4.13. The zero-order chi connectivity index (χ0) is 17.3. The van der Waals surface area contributed by atoms with E-state index < -0.39 is 0 Å². The van der Waals surface area contributed by atoms with Gasteiger partial charge in [-0.25, -0.2) is 4.68 Å². The standard InChI is InChI=1S/C18H23N5O/c1-12-7-5-6-8-13(12)9-10-19-17-21-15-14(16(24)22-17)11-20-23(15)18(2,3)4/h5-8,11H,9-10H2,1-4H3,(H2,19,21,22,24). The molecule has 0 atom stereocenters. The van der Waals surface area contributed by atoms with Gasteiger partial charge in [-0.05, 0) is 45.2 Å². The Hall–Kier alpha value is -2.63. The molecule has 0 aliphatic rings. The number of hydrogen-bond donors (Lipinski definition) is 2. The van der Waals surface area contributed by atoms with Crippen LogP contribution >= 0.6 is 0 Å². The fraction of sp³-hybridized carbons (Fsp3) is 0.389. The summed E-state index contributed by atoms with van der Waals surface area (Å²) in [5.41, 5.74) is 2.75. The van der Waals surface area contributed by atoms with Crippen LogP contribution in [0.15, 0.2) is 35.3 Å². The van der Waals surface area contributed by atoms with Gasteiger partial charge in [0, 0.05) is 6.54 Å². The first-order valence-electron chi connectivity index (χ1n) is 8.13. The maximum absolute atomic E-state index is 12.2. The smallest absolute Gasteiger partial charge is 0.263 e. The van der Waals surface area contributed by atoms with Gasteiger partial charge in [-0.2, -0.15) is 10.1 Å². The second-order valence-corrected chi connectivity index (χ2v) is 6.98. The van der Waals surface area contributed by atoms with Gasteiger partial charge < -0.3 is 5.32 Å². The lowest BCUT2D eigenvalue weighted by Gasteiger charge is -2.19. The summed E-state index contributed by atoms with van der Waals surface area (Å²) in [4.78, 5) is 19.6. The summed E-state index contributed by atoms with van der Waals surface area (Å²) < 4.78 is 1.78. The molecule has 0 unspecified atom stereocenters. The van der Waals surface area contributed by atoms with Gasteiger partial charge in [0.2, 0.25) is 5.95 Å². The molecule has 24 heavy (non-hydrogen) atoms. The molecular weight excluding hydrogens is 302 g/mol. The van der Waals surface area contributed by atoms with Crippen molar-refractivity contribution in [1.29, 1.82) is 0 Å². The second-order valence-electron chi connectivity index (χ2n) is 6.98. The van der Waals surface area contributed by atoms with Crippen molar-refractivity contribution >= 4 is 17.0 Å². The van der Waals surface area contributed by atoms with Crippen LogP contribution in [0.3, 0.4) is 0 Å². The third kappa shape index (κ3) is 3.18. The fourth-order valence-corrected chi connectivity index (χ4v) is 2.70. The number of benzene rings is 1. The van der Waals surface area contributed by atoms with Crippen molar-refractivity contribution in [3.05, 3.63) is 51.9 Å². The maximum atomic E-state index is 12.2. The summed E-state index contributed by atoms with van der Waals surface area (Å²) in [5.74, 6) is 0.479. The summed E-state index contributed by atoms with van der Waals surface area (Å²) in [7, 11) is 0. The fourth-order valence-electron chi connectivity index (χ4n) is 2.70. The van der Waals surface area contributed by atoms with E-state index in [9.17, 15) is 4.79 Å². The van der Waals surface area contributed by atoms with E-state index in [-0.39, 0.29) is 11.1 Å². The molecule has 2 aromatic heterocycles. The van der Waals surface area contributed by atoms with Gasteiger partial charge in [-0.1, -0.05) is 24.3 Å². The number of rotatable bonds is 4. The predicted molar refractivity (Wildman–Crippen MR) is 96.5 cm³/mol. The SMILES string of the molecule is Cc1ccccc1CCNc1nc2c(cnn2C(C)(C)C)c(=O)[nH]1. The number of aromatic nitrogens is 4. The van der Waals surface area contributed by atoms with Gasteiger partial charge in [0.05, 0.1) is 11.7 Å². The van der Waals surface area contributed by atoms with E-state index in [4.69, 9.17) is 0 Å². The van der Waals surface area contributed by atoms with E-state index in [1.807, 2.05) is 32.9 Å². The molecule has 126 valence electrons. The van der Waals surface area contributed by atoms with Crippen LogP contribution in [-0.4, -0.2) is 26.3 Å². The van der Waals surface area contributed by atoms with Crippen LogP contribution in [0.1, 0.15) is 31.9 Å². The number of fused-ring (bicyclic) bond motifs is 1. The van der Waals surface area contributed by atoms with Crippen LogP contribution in [0.4, 0.5) is 5.95 Å². The molecule has 0 amide bonds. The predicted octanol–water partition coefficient (Wildman–Crippen LogP) is 2.84. The summed E-state index contributed by atoms with van der Waals surface area (Å²) in [6.45, 7) is 8.90. The van der Waals surface area contributed by atoms with Crippen molar-refractivity contribution in [3.8, 4) is 0 Å². The first-order chi connectivity index (χ1) is 11.4. The van der Waals surface area contributed by atoms with Crippen molar-refractivity contribution in [2.24, 2.45) is 0 Å². The minimum atomic E-state index is -0.235. The number of nitrogens with one attached hydrogen (secondary N) is 2. The second kappa shape index (κ2) is 6.11. The lowest BCUT2D eigenvalue weighted by Crippen LogP contribution is -2.24. The first-order valence-corrected chi connectivity index (χ1v) is 8.13. The third-order valence-electron chi connectivity index (χ3n) is 4.02. The maximum Gasteiger partial charge on any atom is 0.263 e. The summed E-state index contributed by atoms with van der Waals surface area (Å²) in [6.07, 6.45) is 2.44. The van der Waals surface area contributed by atoms with E-state index in [1.165, 1.54) is 11.1 Å². The highest BCUT2D eigenvalue weighted by atomic mass is 16.1. The highest BCUT2D eigenvalue weighted by Gasteiger charge is 2.19. The molecule has 0 bridgehead atoms. The number of aryl methyl sites for hydroxylation is 1. The highest BCUT2D eigenvalue weighted by molar-refractivity contribution is 5.74. The molecular formula is C18H23N5O. The van der Waals surface area contributed by atoms with Gasteiger partial charge in [0.25, 0.3) is 5.56 Å². The van der Waals surface area contributed by atoms with E-state index in [1.54, 1.807) is 10.9 Å². The zero-order valence-electron chi connectivity index (χ0n) is 14.6. The Labute approximate surface area is 140 Å². The molecule has 0 aliphatic heterocycles. The molecule has 0 aliphatic carbocycles. The van der Waals surface area contributed by atoms with Gasteiger partial charge in [-0.15, -0.1) is 0 Å². The van der Waals surface area contributed by atoms with Crippen LogP contribution in [0, 0.1) is 6.92 Å². The molecule has 0 spiro atoms. The van der Waals surface area contributed by atoms with Gasteiger partial charge in [-0.3, -0.25) is 9.78 Å². The molecule has 6 nitrogen and oxygen atoms in total. The number of H-pyrrole nitrogens is 1. The number of aromatic amines is 1. The topological polar surface area (TPSA) is 75.6 Å². The minimum absolute atomic E-state index is 0.172. The molecule has 1 aromatic carbocycles. The van der Waals surface area contributed by atoms with Crippen LogP contribution in [-0.2, 0) is 12.0 Å². The van der Waals surface area contributed by atoms with Gasteiger partial charge >= 0.3 is 0 Å². The Balaban J connectivity index is 1.83. The first kappa shape index (κ1) is 16.2. The lowest BCUT2D eigenvalue weighted by atomic mass is 10.1. The van der Waals surface area contributed by atoms with Crippen LogP contribution < -0.4 is 10.9 Å². The van der Waals surface area contributed by atoms with Gasteiger partial charge in [0.1, 0.15) is 5.39 Å². The Morgan fingerprint density at radius 3 is 2.71 bits per heavy atom. The third-order valence-corrected chi connectivity index (χ3v) is 4.02. The number of nitrogens with zero attached hydrogens (tertiary/aromatic N) is 3. The number of anilines is 1. The number of hydrogen-bond acceptors (Lipinski definition) is 4. The van der Waals surface area contributed by atoms with E-state index in [0.29, 0.717) is 23.5 Å². The summed E-state index contributed by atoms with van der Waals surface area (Å²) in [5, 5.41) is 8.04. The van der Waals surface area contributed by atoms with Crippen molar-refractivity contribution in [1.82, 2.24) is 19.7 Å². The monoisotopic (exact) mass is 325 g/mol. The van der Waals surface area contributed by atoms with Crippen molar-refractivity contribution < 1.29 is 0 Å².